The number of benzene rings is 1. The van der Waals surface area contributed by atoms with E-state index in [2.05, 4.69) is 21.2 Å². The highest BCUT2D eigenvalue weighted by molar-refractivity contribution is 9.09. The summed E-state index contributed by atoms with van der Waals surface area (Å²) in [5, 5.41) is 2.66. The van der Waals surface area contributed by atoms with Gasteiger partial charge in [-0.3, -0.25) is 4.79 Å². The van der Waals surface area contributed by atoms with Crippen LogP contribution in [-0.4, -0.2) is 11.2 Å². The van der Waals surface area contributed by atoms with Crippen molar-refractivity contribution >= 4 is 21.8 Å². The fourth-order valence-corrected chi connectivity index (χ4v) is 1.16. The lowest BCUT2D eigenvalue weighted by molar-refractivity contribution is -0.118. The van der Waals surface area contributed by atoms with Gasteiger partial charge in [-0.2, -0.15) is 0 Å². The molecule has 0 radical (unpaired) electrons. The topological polar surface area (TPSA) is 29.1 Å². The van der Waals surface area contributed by atoms with Crippen LogP contribution >= 0.6 is 15.9 Å². The molecular formula is C9H8BrF2NO. The average molecular weight is 264 g/mol. The van der Waals surface area contributed by atoms with Gasteiger partial charge in [0.05, 0.1) is 5.33 Å². The maximum Gasteiger partial charge on any atom is 0.230 e. The van der Waals surface area contributed by atoms with Crippen LogP contribution in [0.1, 0.15) is 5.56 Å². The highest BCUT2D eigenvalue weighted by Crippen LogP contribution is 2.07. The Morgan fingerprint density at radius 2 is 1.86 bits per heavy atom. The van der Waals surface area contributed by atoms with Crippen LogP contribution < -0.4 is 5.32 Å². The number of carbonyl (C=O) groups is 1. The molecule has 1 aromatic carbocycles. The Morgan fingerprint density at radius 3 is 2.36 bits per heavy atom. The molecule has 0 heterocycles. The Balaban J connectivity index is 2.63. The van der Waals surface area contributed by atoms with E-state index in [1.807, 2.05) is 0 Å². The first-order valence-corrected chi connectivity index (χ1v) is 5.01. The molecule has 0 fully saturated rings. The fraction of sp³-hybridized carbons (Fsp3) is 0.222. The van der Waals surface area contributed by atoms with E-state index in [-0.39, 0.29) is 17.8 Å². The monoisotopic (exact) mass is 263 g/mol. The minimum atomic E-state index is -0.645. The third-order valence-corrected chi connectivity index (χ3v) is 2.04. The summed E-state index contributed by atoms with van der Waals surface area (Å²) in [6.45, 7) is 0.124. The fourth-order valence-electron chi connectivity index (χ4n) is 0.961. The molecule has 14 heavy (non-hydrogen) atoms. The van der Waals surface area contributed by atoms with E-state index in [1.54, 1.807) is 0 Å². The van der Waals surface area contributed by atoms with Crippen LogP contribution in [0.15, 0.2) is 18.2 Å². The first-order valence-electron chi connectivity index (χ1n) is 3.89. The second kappa shape index (κ2) is 5.05. The second-order valence-corrected chi connectivity index (χ2v) is 3.25. The lowest BCUT2D eigenvalue weighted by Gasteiger charge is -2.03. The van der Waals surface area contributed by atoms with Crippen LogP contribution in [0.2, 0.25) is 0 Å². The molecule has 0 aliphatic rings. The van der Waals surface area contributed by atoms with Gasteiger partial charge in [0, 0.05) is 12.6 Å². The summed E-state index contributed by atoms with van der Waals surface area (Å²) in [5.41, 5.74) is 0.400. The minimum Gasteiger partial charge on any atom is -0.351 e. The van der Waals surface area contributed by atoms with Crippen molar-refractivity contribution < 1.29 is 13.6 Å². The number of amides is 1. The molecule has 0 aromatic heterocycles. The number of hydrogen-bond donors (Lipinski definition) is 1. The molecular weight excluding hydrogens is 256 g/mol. The van der Waals surface area contributed by atoms with E-state index in [4.69, 9.17) is 0 Å². The highest BCUT2D eigenvalue weighted by Gasteiger charge is 2.02. The van der Waals surface area contributed by atoms with E-state index in [9.17, 15) is 13.6 Å². The van der Waals surface area contributed by atoms with Gasteiger partial charge in [-0.15, -0.1) is 0 Å². The van der Waals surface area contributed by atoms with E-state index in [1.165, 1.54) is 12.1 Å². The van der Waals surface area contributed by atoms with E-state index >= 15 is 0 Å². The molecule has 0 aliphatic carbocycles. The Kier molecular flexibility index (Phi) is 4.00. The van der Waals surface area contributed by atoms with Crippen molar-refractivity contribution in [1.82, 2.24) is 5.32 Å². The van der Waals surface area contributed by atoms with Gasteiger partial charge in [0.2, 0.25) is 5.91 Å². The number of nitrogens with one attached hydrogen (secondary N) is 1. The molecule has 0 aliphatic heterocycles. The Labute approximate surface area is 88.4 Å². The normalized spacial score (nSPS) is 9.93. The maximum atomic E-state index is 12.7. The summed E-state index contributed by atoms with van der Waals surface area (Å²) in [6, 6.07) is 3.14. The molecule has 0 unspecified atom stereocenters. The lowest BCUT2D eigenvalue weighted by Crippen LogP contribution is -2.23. The van der Waals surface area contributed by atoms with Crippen LogP contribution in [-0.2, 0) is 11.3 Å². The maximum absolute atomic E-state index is 12.7. The smallest absolute Gasteiger partial charge is 0.230 e. The first kappa shape index (κ1) is 11.1. The van der Waals surface area contributed by atoms with Gasteiger partial charge in [-0.25, -0.2) is 8.78 Å². The molecule has 0 atom stereocenters. The van der Waals surface area contributed by atoms with Crippen molar-refractivity contribution in [3.8, 4) is 0 Å². The van der Waals surface area contributed by atoms with Gasteiger partial charge in [0.15, 0.2) is 0 Å². The van der Waals surface area contributed by atoms with E-state index < -0.39 is 11.6 Å². The molecule has 1 amide bonds. The van der Waals surface area contributed by atoms with Gasteiger partial charge in [0.25, 0.3) is 0 Å². The molecule has 76 valence electrons. The summed E-state index contributed by atoms with van der Waals surface area (Å²) in [4.78, 5) is 10.8. The van der Waals surface area contributed by atoms with Crippen molar-refractivity contribution in [3.05, 3.63) is 35.4 Å². The molecule has 0 saturated heterocycles. The van der Waals surface area contributed by atoms with Gasteiger partial charge in [0.1, 0.15) is 11.6 Å². The van der Waals surface area contributed by atoms with Crippen molar-refractivity contribution in [3.63, 3.8) is 0 Å². The van der Waals surface area contributed by atoms with Crippen LogP contribution in [0.5, 0.6) is 0 Å². The molecule has 0 bridgehead atoms. The number of alkyl halides is 1. The average Bonchev–Trinajstić information content (AvgIpc) is 2.12. The van der Waals surface area contributed by atoms with E-state index in [0.717, 1.165) is 6.07 Å². The van der Waals surface area contributed by atoms with Crippen molar-refractivity contribution in [1.29, 1.82) is 0 Å². The quantitative estimate of drug-likeness (QED) is 0.831. The zero-order chi connectivity index (χ0) is 10.6. The molecule has 5 heteroatoms. The van der Waals surface area contributed by atoms with Crippen LogP contribution in [0, 0.1) is 11.6 Å². The summed E-state index contributed by atoms with van der Waals surface area (Å²) in [6.07, 6.45) is 0. The number of rotatable bonds is 3. The standard InChI is InChI=1S/C9H8BrF2NO/c10-4-9(14)13-5-6-1-7(11)3-8(12)2-6/h1-3H,4-5H2,(H,13,14). The number of carbonyl (C=O) groups excluding carboxylic acids is 1. The summed E-state index contributed by atoms with van der Waals surface area (Å²) in [5.74, 6) is -1.52. The Morgan fingerprint density at radius 1 is 1.29 bits per heavy atom. The summed E-state index contributed by atoms with van der Waals surface area (Å²) >= 11 is 2.96. The molecule has 1 N–H and O–H groups in total. The van der Waals surface area contributed by atoms with Gasteiger partial charge >= 0.3 is 0 Å². The zero-order valence-corrected chi connectivity index (χ0v) is 8.77. The highest BCUT2D eigenvalue weighted by atomic mass is 79.9. The van der Waals surface area contributed by atoms with Gasteiger partial charge in [-0.1, -0.05) is 15.9 Å². The first-order chi connectivity index (χ1) is 6.61. The number of halogens is 3. The molecule has 1 rings (SSSR count). The Bertz CT molecular complexity index is 323. The predicted octanol–water partition coefficient (Wildman–Crippen LogP) is 1.98. The van der Waals surface area contributed by atoms with Crippen molar-refractivity contribution in [2.75, 3.05) is 5.33 Å². The van der Waals surface area contributed by atoms with Gasteiger partial charge < -0.3 is 5.32 Å². The number of hydrogen-bond acceptors (Lipinski definition) is 1. The van der Waals surface area contributed by atoms with Crippen LogP contribution in [0.4, 0.5) is 8.78 Å². The Hall–Kier alpha value is -0.970. The van der Waals surface area contributed by atoms with Gasteiger partial charge in [-0.05, 0) is 17.7 Å². The summed E-state index contributed by atoms with van der Waals surface area (Å²) < 4.78 is 25.3. The molecule has 0 saturated carbocycles. The largest absolute Gasteiger partial charge is 0.351 e. The molecule has 1 aromatic rings. The van der Waals surface area contributed by atoms with Crippen LogP contribution in [0.3, 0.4) is 0 Å². The SMILES string of the molecule is O=C(CBr)NCc1cc(F)cc(F)c1. The predicted molar refractivity (Wildman–Crippen MR) is 52.0 cm³/mol. The molecule has 2 nitrogen and oxygen atoms in total. The van der Waals surface area contributed by atoms with Crippen LogP contribution in [0.25, 0.3) is 0 Å². The summed E-state index contributed by atoms with van der Waals surface area (Å²) in [7, 11) is 0. The second-order valence-electron chi connectivity index (χ2n) is 2.69. The minimum absolute atomic E-state index is 0.124. The third-order valence-electron chi connectivity index (χ3n) is 1.53. The lowest BCUT2D eigenvalue weighted by atomic mass is 10.2. The zero-order valence-electron chi connectivity index (χ0n) is 7.19. The van der Waals surface area contributed by atoms with E-state index in [0.29, 0.717) is 5.56 Å². The van der Waals surface area contributed by atoms with Crippen molar-refractivity contribution in [2.24, 2.45) is 0 Å². The third kappa shape index (κ3) is 3.41. The molecule has 0 spiro atoms. The van der Waals surface area contributed by atoms with Crippen molar-refractivity contribution in [2.45, 2.75) is 6.54 Å².